The van der Waals surface area contributed by atoms with Gasteiger partial charge in [-0.25, -0.2) is 0 Å². The Morgan fingerprint density at radius 3 is 2.50 bits per heavy atom. The Hall–Kier alpha value is -1.38. The summed E-state index contributed by atoms with van der Waals surface area (Å²) in [5.74, 6) is 4.55. The lowest BCUT2D eigenvalue weighted by molar-refractivity contribution is -0.153. The standard InChI is InChI=1S/C31H48O3/c1-8-22(19(2)3)10-9-20(4)25-11-12-26-24-18-29(34-21(5)32)28-17-23(33)13-15-31(28,7)27(24)14-16-30(25,26)6/h9-10,17,19-20,22,24-27,29H,8,11-16,18H2,1-7H3/b10-9+/t20-,22-,24+,25-,26+,27+,29-,30-,31-/m1/s1. The highest BCUT2D eigenvalue weighted by Gasteiger charge is 2.61. The first kappa shape index (κ1) is 25.7. The molecule has 0 bridgehead atoms. The molecular weight excluding hydrogens is 420 g/mol. The van der Waals surface area contributed by atoms with E-state index in [1.165, 1.54) is 39.0 Å². The van der Waals surface area contributed by atoms with E-state index in [1.807, 2.05) is 6.08 Å². The average Bonchev–Trinajstić information content (AvgIpc) is 3.12. The van der Waals surface area contributed by atoms with Gasteiger partial charge in [-0.2, -0.15) is 0 Å². The molecule has 0 aromatic rings. The third-order valence-electron chi connectivity index (χ3n) is 11.0. The lowest BCUT2D eigenvalue weighted by Crippen LogP contribution is -2.54. The molecule has 0 amide bonds. The van der Waals surface area contributed by atoms with Gasteiger partial charge in [-0.1, -0.05) is 53.7 Å². The van der Waals surface area contributed by atoms with Gasteiger partial charge >= 0.3 is 5.97 Å². The fourth-order valence-corrected chi connectivity index (χ4v) is 9.08. The number of carbonyl (C=O) groups excluding carboxylic acids is 2. The molecule has 0 heterocycles. The summed E-state index contributed by atoms with van der Waals surface area (Å²) in [5, 5.41) is 0. The topological polar surface area (TPSA) is 43.4 Å². The summed E-state index contributed by atoms with van der Waals surface area (Å²) in [5.41, 5.74) is 1.47. The van der Waals surface area contributed by atoms with E-state index in [0.717, 1.165) is 24.3 Å². The van der Waals surface area contributed by atoms with Crippen molar-refractivity contribution < 1.29 is 14.3 Å². The largest absolute Gasteiger partial charge is 0.458 e. The molecule has 3 saturated carbocycles. The predicted molar refractivity (Wildman–Crippen MR) is 138 cm³/mol. The number of esters is 1. The van der Waals surface area contributed by atoms with Crippen molar-refractivity contribution in [3.63, 3.8) is 0 Å². The zero-order valence-electron chi connectivity index (χ0n) is 22.7. The minimum atomic E-state index is -0.220. The second kappa shape index (κ2) is 9.58. The van der Waals surface area contributed by atoms with E-state index in [1.54, 1.807) is 0 Å². The molecule has 3 heteroatoms. The molecule has 4 rings (SSSR count). The Morgan fingerprint density at radius 1 is 1.12 bits per heavy atom. The van der Waals surface area contributed by atoms with Crippen LogP contribution in [0.5, 0.6) is 0 Å². The Kier molecular flexibility index (Phi) is 7.25. The van der Waals surface area contributed by atoms with Crippen LogP contribution in [-0.4, -0.2) is 17.9 Å². The molecule has 0 spiro atoms. The van der Waals surface area contributed by atoms with Crippen LogP contribution in [0.3, 0.4) is 0 Å². The minimum Gasteiger partial charge on any atom is -0.458 e. The molecule has 4 aliphatic rings. The first-order chi connectivity index (χ1) is 16.0. The number of rotatable bonds is 6. The molecule has 3 fully saturated rings. The lowest BCUT2D eigenvalue weighted by atomic mass is 9.46. The normalized spacial score (nSPS) is 41.5. The molecule has 0 saturated heterocycles. The first-order valence-corrected chi connectivity index (χ1v) is 14.1. The summed E-state index contributed by atoms with van der Waals surface area (Å²) in [6, 6.07) is 0. The van der Waals surface area contributed by atoms with Crippen LogP contribution in [0.4, 0.5) is 0 Å². The van der Waals surface area contributed by atoms with Crippen molar-refractivity contribution in [3.8, 4) is 0 Å². The SMILES string of the molecule is CC[C@H](/C=C/[C@@H](C)[C@H]1CC[C@H]2[C@@H]3C[C@@H](OC(C)=O)C4=CC(=O)CC[C@]4(C)[C@H]3CC[C@]12C)C(C)C. The van der Waals surface area contributed by atoms with Crippen molar-refractivity contribution in [1.82, 2.24) is 0 Å². The van der Waals surface area contributed by atoms with Crippen LogP contribution in [0.1, 0.15) is 99.8 Å². The maximum Gasteiger partial charge on any atom is 0.303 e. The van der Waals surface area contributed by atoms with Crippen LogP contribution < -0.4 is 0 Å². The Balaban J connectivity index is 1.60. The van der Waals surface area contributed by atoms with Gasteiger partial charge in [0.15, 0.2) is 5.78 Å². The molecule has 0 aromatic heterocycles. The van der Waals surface area contributed by atoms with Crippen molar-refractivity contribution in [2.24, 2.45) is 52.3 Å². The third kappa shape index (κ3) is 4.35. The molecule has 0 radical (unpaired) electrons. The number of ether oxygens (including phenoxy) is 1. The third-order valence-corrected chi connectivity index (χ3v) is 11.0. The molecule has 34 heavy (non-hydrogen) atoms. The van der Waals surface area contributed by atoms with Crippen molar-refractivity contribution in [2.75, 3.05) is 0 Å². The molecule has 0 aromatic carbocycles. The van der Waals surface area contributed by atoms with E-state index in [2.05, 4.69) is 53.7 Å². The number of fused-ring (bicyclic) bond motifs is 5. The fourth-order valence-electron chi connectivity index (χ4n) is 9.08. The van der Waals surface area contributed by atoms with Gasteiger partial charge in [0.05, 0.1) is 0 Å². The highest BCUT2D eigenvalue weighted by atomic mass is 16.5. The van der Waals surface area contributed by atoms with Crippen molar-refractivity contribution in [1.29, 1.82) is 0 Å². The number of hydrogen-bond acceptors (Lipinski definition) is 3. The smallest absolute Gasteiger partial charge is 0.303 e. The van der Waals surface area contributed by atoms with Crippen LogP contribution in [0.25, 0.3) is 0 Å². The van der Waals surface area contributed by atoms with Crippen molar-refractivity contribution in [3.05, 3.63) is 23.8 Å². The Bertz CT molecular complexity index is 853. The lowest BCUT2D eigenvalue weighted by Gasteiger charge is -2.59. The van der Waals surface area contributed by atoms with Gasteiger partial charge in [0.25, 0.3) is 0 Å². The maximum atomic E-state index is 12.4. The molecular formula is C31H48O3. The zero-order chi connectivity index (χ0) is 24.8. The van der Waals surface area contributed by atoms with E-state index in [4.69, 9.17) is 4.74 Å². The van der Waals surface area contributed by atoms with Crippen LogP contribution >= 0.6 is 0 Å². The second-order valence-electron chi connectivity index (χ2n) is 13.0. The number of hydrogen-bond donors (Lipinski definition) is 0. The number of carbonyl (C=O) groups is 2. The highest BCUT2D eigenvalue weighted by Crippen LogP contribution is 2.67. The summed E-state index contributed by atoms with van der Waals surface area (Å²) < 4.78 is 5.91. The van der Waals surface area contributed by atoms with Gasteiger partial charge in [-0.3, -0.25) is 9.59 Å². The van der Waals surface area contributed by atoms with E-state index < -0.39 is 0 Å². The van der Waals surface area contributed by atoms with Crippen LogP contribution in [-0.2, 0) is 14.3 Å². The van der Waals surface area contributed by atoms with E-state index in [-0.39, 0.29) is 23.3 Å². The van der Waals surface area contributed by atoms with Crippen LogP contribution in [0.2, 0.25) is 0 Å². The van der Waals surface area contributed by atoms with Gasteiger partial charge in [-0.15, -0.1) is 0 Å². The molecule has 0 aliphatic heterocycles. The summed E-state index contributed by atoms with van der Waals surface area (Å²) in [6.07, 6.45) is 15.5. The Morgan fingerprint density at radius 2 is 1.85 bits per heavy atom. The quantitative estimate of drug-likeness (QED) is 0.298. The van der Waals surface area contributed by atoms with E-state index in [9.17, 15) is 9.59 Å². The number of allylic oxidation sites excluding steroid dienone is 2. The van der Waals surface area contributed by atoms with Crippen LogP contribution in [0, 0.1) is 52.3 Å². The van der Waals surface area contributed by atoms with Crippen molar-refractivity contribution >= 4 is 11.8 Å². The van der Waals surface area contributed by atoms with Crippen LogP contribution in [0.15, 0.2) is 23.8 Å². The molecule has 9 atom stereocenters. The predicted octanol–water partition coefficient (Wildman–Crippen LogP) is 7.55. The molecule has 4 aliphatic carbocycles. The molecule has 3 nitrogen and oxygen atoms in total. The van der Waals surface area contributed by atoms with E-state index in [0.29, 0.717) is 47.3 Å². The second-order valence-corrected chi connectivity index (χ2v) is 13.0. The Labute approximate surface area is 208 Å². The zero-order valence-corrected chi connectivity index (χ0v) is 22.7. The fraction of sp³-hybridized carbons (Fsp3) is 0.806. The first-order valence-electron chi connectivity index (χ1n) is 14.1. The minimum absolute atomic E-state index is 0.00646. The van der Waals surface area contributed by atoms with Gasteiger partial charge in [0.1, 0.15) is 6.10 Å². The molecule has 190 valence electrons. The highest BCUT2D eigenvalue weighted by molar-refractivity contribution is 5.92. The van der Waals surface area contributed by atoms with E-state index >= 15 is 0 Å². The summed E-state index contributed by atoms with van der Waals surface area (Å²) >= 11 is 0. The summed E-state index contributed by atoms with van der Waals surface area (Å²) in [7, 11) is 0. The van der Waals surface area contributed by atoms with Gasteiger partial charge in [0.2, 0.25) is 0 Å². The van der Waals surface area contributed by atoms with Gasteiger partial charge in [-0.05, 0) is 109 Å². The van der Waals surface area contributed by atoms with Crippen molar-refractivity contribution in [2.45, 2.75) is 106 Å². The summed E-state index contributed by atoms with van der Waals surface area (Å²) in [6.45, 7) is 15.9. The number of ketones is 1. The molecule has 0 N–H and O–H groups in total. The maximum absolute atomic E-state index is 12.4. The van der Waals surface area contributed by atoms with Gasteiger partial charge in [0, 0.05) is 13.3 Å². The molecule has 0 unspecified atom stereocenters. The monoisotopic (exact) mass is 468 g/mol. The average molecular weight is 469 g/mol. The summed E-state index contributed by atoms with van der Waals surface area (Å²) in [4.78, 5) is 24.4. The van der Waals surface area contributed by atoms with Gasteiger partial charge < -0.3 is 4.74 Å².